The lowest BCUT2D eigenvalue weighted by molar-refractivity contribution is -0.137. The normalized spacial score (nSPS) is 16.6. The highest BCUT2D eigenvalue weighted by molar-refractivity contribution is 5.95. The number of alkyl halides is 3. The van der Waals surface area contributed by atoms with Crippen LogP contribution in [0.1, 0.15) is 11.1 Å². The van der Waals surface area contributed by atoms with Crippen LogP contribution < -0.4 is 15.6 Å². The molecule has 8 heteroatoms. The first-order valence-corrected chi connectivity index (χ1v) is 6.70. The van der Waals surface area contributed by atoms with E-state index in [0.29, 0.717) is 24.4 Å². The fraction of sp³-hybridized carbons (Fsp3) is 0.200. The van der Waals surface area contributed by atoms with Gasteiger partial charge in [-0.3, -0.25) is 9.59 Å². The number of halogens is 3. The van der Waals surface area contributed by atoms with E-state index in [0.717, 1.165) is 5.56 Å². The average Bonchev–Trinajstić information content (AvgIpc) is 2.92. The molecule has 0 spiro atoms. The Morgan fingerprint density at radius 2 is 2.04 bits per heavy atom. The number of H-pyrrole nitrogens is 1. The van der Waals surface area contributed by atoms with Crippen LogP contribution in [0.4, 0.5) is 18.9 Å². The predicted molar refractivity (Wildman–Crippen MR) is 75.3 cm³/mol. The first-order valence-electron chi connectivity index (χ1n) is 6.70. The number of para-hydroxylation sites is 1. The van der Waals surface area contributed by atoms with Gasteiger partial charge in [-0.2, -0.15) is 13.2 Å². The van der Waals surface area contributed by atoms with E-state index in [-0.39, 0.29) is 0 Å². The SMILES string of the molecule is O=C(Nc1cc(C(F)(F)F)c[nH]c1=O)C1Cc2ccccc2O1. The smallest absolute Gasteiger partial charge is 0.417 e. The Labute approximate surface area is 128 Å². The second-order valence-electron chi connectivity index (χ2n) is 5.04. The van der Waals surface area contributed by atoms with Crippen molar-refractivity contribution in [1.82, 2.24) is 4.98 Å². The molecule has 1 atom stereocenters. The monoisotopic (exact) mass is 324 g/mol. The topological polar surface area (TPSA) is 71.2 Å². The van der Waals surface area contributed by atoms with Crippen LogP contribution in [0.2, 0.25) is 0 Å². The fourth-order valence-electron chi connectivity index (χ4n) is 2.28. The number of rotatable bonds is 2. The number of anilines is 1. The lowest BCUT2D eigenvalue weighted by atomic mass is 10.1. The molecule has 5 nitrogen and oxygen atoms in total. The van der Waals surface area contributed by atoms with Gasteiger partial charge in [-0.25, -0.2) is 0 Å². The van der Waals surface area contributed by atoms with Crippen LogP contribution in [0.5, 0.6) is 5.75 Å². The van der Waals surface area contributed by atoms with Crippen LogP contribution >= 0.6 is 0 Å². The third-order valence-electron chi connectivity index (χ3n) is 3.43. The molecule has 1 unspecified atom stereocenters. The highest BCUT2D eigenvalue weighted by Gasteiger charge is 2.33. The van der Waals surface area contributed by atoms with Crippen molar-refractivity contribution >= 4 is 11.6 Å². The van der Waals surface area contributed by atoms with Crippen molar-refractivity contribution in [2.24, 2.45) is 0 Å². The van der Waals surface area contributed by atoms with Crippen LogP contribution in [0.25, 0.3) is 0 Å². The molecule has 0 bridgehead atoms. The third kappa shape index (κ3) is 3.05. The fourth-order valence-corrected chi connectivity index (χ4v) is 2.28. The molecule has 0 saturated carbocycles. The Morgan fingerprint density at radius 1 is 1.30 bits per heavy atom. The molecule has 120 valence electrons. The summed E-state index contributed by atoms with van der Waals surface area (Å²) in [6.45, 7) is 0. The van der Waals surface area contributed by atoms with Gasteiger partial charge in [0.25, 0.3) is 11.5 Å². The third-order valence-corrected chi connectivity index (χ3v) is 3.43. The Bertz CT molecular complexity index is 789. The second kappa shape index (κ2) is 5.45. The van der Waals surface area contributed by atoms with Gasteiger partial charge in [0.15, 0.2) is 6.10 Å². The molecule has 1 aliphatic rings. The van der Waals surface area contributed by atoms with Crippen LogP contribution in [-0.4, -0.2) is 17.0 Å². The second-order valence-corrected chi connectivity index (χ2v) is 5.04. The molecule has 1 aromatic carbocycles. The van der Waals surface area contributed by atoms with Crippen LogP contribution in [0, 0.1) is 0 Å². The molecule has 0 saturated heterocycles. The Balaban J connectivity index is 1.78. The van der Waals surface area contributed by atoms with Gasteiger partial charge >= 0.3 is 6.18 Å². The molecule has 1 aromatic heterocycles. The molecule has 0 radical (unpaired) electrons. The van der Waals surface area contributed by atoms with Gasteiger partial charge in [-0.15, -0.1) is 0 Å². The maximum Gasteiger partial charge on any atom is 0.417 e. The van der Waals surface area contributed by atoms with Crippen molar-refractivity contribution in [3.63, 3.8) is 0 Å². The number of nitrogens with one attached hydrogen (secondary N) is 2. The van der Waals surface area contributed by atoms with Gasteiger partial charge in [0.05, 0.1) is 5.56 Å². The van der Waals surface area contributed by atoms with Crippen molar-refractivity contribution < 1.29 is 22.7 Å². The summed E-state index contributed by atoms with van der Waals surface area (Å²) in [6, 6.07) is 7.62. The minimum atomic E-state index is -4.62. The van der Waals surface area contributed by atoms with Gasteiger partial charge in [-0.05, 0) is 17.7 Å². The predicted octanol–water partition coefficient (Wildman–Crippen LogP) is 2.34. The molecule has 3 rings (SSSR count). The van der Waals surface area contributed by atoms with E-state index in [9.17, 15) is 22.8 Å². The van der Waals surface area contributed by atoms with E-state index in [1.54, 1.807) is 24.3 Å². The maximum absolute atomic E-state index is 12.7. The number of aromatic nitrogens is 1. The van der Waals surface area contributed by atoms with E-state index in [4.69, 9.17) is 4.74 Å². The van der Waals surface area contributed by atoms with E-state index in [1.807, 2.05) is 4.98 Å². The summed E-state index contributed by atoms with van der Waals surface area (Å²) in [7, 11) is 0. The summed E-state index contributed by atoms with van der Waals surface area (Å²) >= 11 is 0. The standard InChI is InChI=1S/C15H11F3N2O3/c16-15(17,18)9-6-10(13(21)19-7-9)20-14(22)12-5-8-3-1-2-4-11(8)23-12/h1-4,6-7,12H,5H2,(H,19,21)(H,20,22). The van der Waals surface area contributed by atoms with Crippen molar-refractivity contribution in [2.45, 2.75) is 18.7 Å². The Morgan fingerprint density at radius 3 is 2.74 bits per heavy atom. The molecule has 23 heavy (non-hydrogen) atoms. The number of carbonyl (C=O) groups excluding carboxylic acids is 1. The van der Waals surface area contributed by atoms with Gasteiger partial charge in [0, 0.05) is 12.6 Å². The van der Waals surface area contributed by atoms with Gasteiger partial charge in [-0.1, -0.05) is 18.2 Å². The Kier molecular flexibility index (Phi) is 3.59. The molecule has 1 amide bonds. The zero-order valence-corrected chi connectivity index (χ0v) is 11.6. The number of fused-ring (bicyclic) bond motifs is 1. The molecular formula is C15H11F3N2O3. The lowest BCUT2D eigenvalue weighted by Gasteiger charge is -2.12. The summed E-state index contributed by atoms with van der Waals surface area (Å²) in [5, 5.41) is 2.19. The number of hydrogen-bond donors (Lipinski definition) is 2. The van der Waals surface area contributed by atoms with E-state index >= 15 is 0 Å². The van der Waals surface area contributed by atoms with Gasteiger partial charge in [0.2, 0.25) is 0 Å². The summed E-state index contributed by atoms with van der Waals surface area (Å²) in [5.41, 5.74) is -1.51. The first kappa shape index (κ1) is 15.1. The molecule has 0 aliphatic carbocycles. The number of benzene rings is 1. The minimum absolute atomic E-state index is 0.291. The summed E-state index contributed by atoms with van der Waals surface area (Å²) in [5.74, 6) is -0.128. The van der Waals surface area contributed by atoms with E-state index in [2.05, 4.69) is 5.32 Å². The molecular weight excluding hydrogens is 313 g/mol. The number of carbonyl (C=O) groups is 1. The molecule has 2 aromatic rings. The van der Waals surface area contributed by atoms with Gasteiger partial charge in [0.1, 0.15) is 11.4 Å². The van der Waals surface area contributed by atoms with Crippen molar-refractivity contribution in [3.05, 3.63) is 58.0 Å². The minimum Gasteiger partial charge on any atom is -0.480 e. The molecule has 1 aliphatic heterocycles. The van der Waals surface area contributed by atoms with Crippen LogP contribution in [0.3, 0.4) is 0 Å². The average molecular weight is 324 g/mol. The molecule has 2 N–H and O–H groups in total. The van der Waals surface area contributed by atoms with E-state index < -0.39 is 35.0 Å². The maximum atomic E-state index is 12.7. The van der Waals surface area contributed by atoms with Crippen LogP contribution in [-0.2, 0) is 17.4 Å². The number of hydrogen-bond acceptors (Lipinski definition) is 3. The quantitative estimate of drug-likeness (QED) is 0.891. The lowest BCUT2D eigenvalue weighted by Crippen LogP contribution is -2.33. The summed E-state index contributed by atoms with van der Waals surface area (Å²) < 4.78 is 43.4. The first-order chi connectivity index (χ1) is 10.8. The van der Waals surface area contributed by atoms with Crippen molar-refractivity contribution in [2.75, 3.05) is 5.32 Å². The number of aromatic amines is 1. The zero-order chi connectivity index (χ0) is 16.6. The summed E-state index contributed by atoms with van der Waals surface area (Å²) in [6.07, 6.45) is -4.66. The van der Waals surface area contributed by atoms with Crippen molar-refractivity contribution in [3.8, 4) is 5.75 Å². The Hall–Kier alpha value is -2.77. The largest absolute Gasteiger partial charge is 0.480 e. The number of pyridine rings is 1. The summed E-state index contributed by atoms with van der Waals surface area (Å²) in [4.78, 5) is 25.7. The number of amides is 1. The van der Waals surface area contributed by atoms with E-state index in [1.165, 1.54) is 0 Å². The van der Waals surface area contributed by atoms with Gasteiger partial charge < -0.3 is 15.0 Å². The van der Waals surface area contributed by atoms with Crippen LogP contribution in [0.15, 0.2) is 41.3 Å². The number of ether oxygens (including phenoxy) is 1. The highest BCUT2D eigenvalue weighted by Crippen LogP contribution is 2.30. The molecule has 2 heterocycles. The highest BCUT2D eigenvalue weighted by atomic mass is 19.4. The zero-order valence-electron chi connectivity index (χ0n) is 11.6. The molecule has 0 fully saturated rings. The van der Waals surface area contributed by atoms with Crippen molar-refractivity contribution in [1.29, 1.82) is 0 Å².